The summed E-state index contributed by atoms with van der Waals surface area (Å²) >= 11 is 1.40. The zero-order valence-electron chi connectivity index (χ0n) is 10.8. The molecule has 0 unspecified atom stereocenters. The number of benzene rings is 1. The fourth-order valence-electron chi connectivity index (χ4n) is 2.24. The van der Waals surface area contributed by atoms with E-state index in [9.17, 15) is 9.50 Å². The molecule has 0 aliphatic carbocycles. The first-order valence-corrected chi connectivity index (χ1v) is 7.26. The lowest BCUT2D eigenvalue weighted by molar-refractivity contribution is 0.471. The predicted octanol–water partition coefficient (Wildman–Crippen LogP) is 3.05. The van der Waals surface area contributed by atoms with Gasteiger partial charge in [0, 0.05) is 18.7 Å². The Balaban J connectivity index is 1.83. The van der Waals surface area contributed by atoms with Gasteiger partial charge in [-0.15, -0.1) is 0 Å². The van der Waals surface area contributed by atoms with E-state index in [0.717, 1.165) is 31.1 Å². The second-order valence-corrected chi connectivity index (χ2v) is 5.76. The molecule has 0 atom stereocenters. The van der Waals surface area contributed by atoms with Gasteiger partial charge in [0.2, 0.25) is 0 Å². The molecule has 2 N–H and O–H groups in total. The van der Waals surface area contributed by atoms with Crippen LogP contribution in [0.1, 0.15) is 18.4 Å². The average molecular weight is 291 g/mol. The minimum atomic E-state index is -0.412. The molecule has 0 spiro atoms. The van der Waals surface area contributed by atoms with Gasteiger partial charge in [0.1, 0.15) is 11.6 Å². The van der Waals surface area contributed by atoms with Crippen LogP contribution < -0.4 is 0 Å². The first-order chi connectivity index (χ1) is 9.63. The summed E-state index contributed by atoms with van der Waals surface area (Å²) in [6.45, 7) is 1.94. The number of aromatic hydroxyl groups is 1. The molecule has 3 rings (SSSR count). The Bertz CT molecular complexity index is 621. The van der Waals surface area contributed by atoms with Gasteiger partial charge < -0.3 is 10.0 Å². The van der Waals surface area contributed by atoms with Gasteiger partial charge in [-0.1, -0.05) is 0 Å². The van der Waals surface area contributed by atoms with Crippen molar-refractivity contribution in [3.05, 3.63) is 34.5 Å². The highest BCUT2D eigenvalue weighted by Crippen LogP contribution is 2.33. The number of phenols is 1. The molecular formula is C14H14FN3OS. The molecule has 0 radical (unpaired) electrons. The highest BCUT2D eigenvalue weighted by atomic mass is 32.2. The van der Waals surface area contributed by atoms with Crippen molar-refractivity contribution in [3.63, 3.8) is 0 Å². The van der Waals surface area contributed by atoms with Crippen molar-refractivity contribution in [1.82, 2.24) is 4.90 Å². The van der Waals surface area contributed by atoms with Crippen LogP contribution in [0.25, 0.3) is 6.08 Å². The zero-order valence-corrected chi connectivity index (χ0v) is 11.6. The largest absolute Gasteiger partial charge is 0.507 e. The summed E-state index contributed by atoms with van der Waals surface area (Å²) in [4.78, 5) is 7.04. The lowest BCUT2D eigenvalue weighted by Gasteiger charge is -2.14. The molecule has 1 aromatic rings. The van der Waals surface area contributed by atoms with Crippen LogP contribution in [-0.4, -0.2) is 34.1 Å². The lowest BCUT2D eigenvalue weighted by Crippen LogP contribution is -2.23. The lowest BCUT2D eigenvalue weighted by atomic mass is 10.2. The van der Waals surface area contributed by atoms with Crippen molar-refractivity contribution in [2.45, 2.75) is 12.8 Å². The van der Waals surface area contributed by atoms with Crippen LogP contribution in [0.4, 0.5) is 4.39 Å². The van der Waals surface area contributed by atoms with Crippen LogP contribution in [0.5, 0.6) is 5.75 Å². The number of amidine groups is 2. The van der Waals surface area contributed by atoms with Crippen LogP contribution in [0.3, 0.4) is 0 Å². The van der Waals surface area contributed by atoms with Crippen molar-refractivity contribution >= 4 is 28.8 Å². The fraction of sp³-hybridized carbons (Fsp3) is 0.286. The molecule has 6 heteroatoms. The highest BCUT2D eigenvalue weighted by molar-refractivity contribution is 8.18. The predicted molar refractivity (Wildman–Crippen MR) is 79.6 cm³/mol. The summed E-state index contributed by atoms with van der Waals surface area (Å²) in [5.74, 6) is -0.243. The summed E-state index contributed by atoms with van der Waals surface area (Å²) in [5, 5.41) is 18.4. The maximum absolute atomic E-state index is 13.2. The number of phenolic OH excluding ortho intramolecular Hbond substituents is 1. The Morgan fingerprint density at radius 1 is 1.35 bits per heavy atom. The maximum Gasteiger partial charge on any atom is 0.171 e. The number of rotatable bonds is 1. The van der Waals surface area contributed by atoms with Gasteiger partial charge >= 0.3 is 0 Å². The molecule has 0 aromatic heterocycles. The van der Waals surface area contributed by atoms with Crippen LogP contribution in [0.15, 0.2) is 28.1 Å². The van der Waals surface area contributed by atoms with E-state index in [0.29, 0.717) is 10.5 Å². The zero-order chi connectivity index (χ0) is 14.1. The Hall–Kier alpha value is -1.82. The summed E-state index contributed by atoms with van der Waals surface area (Å²) in [5.41, 5.74) is 0.370. The van der Waals surface area contributed by atoms with Gasteiger partial charge in [-0.05, 0) is 48.9 Å². The molecule has 2 aliphatic heterocycles. The van der Waals surface area contributed by atoms with E-state index < -0.39 is 5.82 Å². The average Bonchev–Trinajstić information content (AvgIpc) is 3.04. The van der Waals surface area contributed by atoms with E-state index >= 15 is 0 Å². The number of nitrogens with one attached hydrogen (secondary N) is 1. The molecule has 1 fully saturated rings. The van der Waals surface area contributed by atoms with E-state index in [1.54, 1.807) is 6.08 Å². The number of thioether (sulfide) groups is 1. The van der Waals surface area contributed by atoms with Gasteiger partial charge in [0.15, 0.2) is 11.0 Å². The number of aliphatic imine (C=N–C) groups is 1. The number of hydrogen-bond acceptors (Lipinski definition) is 4. The Labute approximate surface area is 120 Å². The molecule has 1 aromatic carbocycles. The third-order valence-corrected chi connectivity index (χ3v) is 4.36. The monoisotopic (exact) mass is 291 g/mol. The molecule has 0 saturated carbocycles. The second-order valence-electron chi connectivity index (χ2n) is 4.75. The molecule has 2 heterocycles. The summed E-state index contributed by atoms with van der Waals surface area (Å²) in [6.07, 6.45) is 3.91. The van der Waals surface area contributed by atoms with Crippen LogP contribution in [-0.2, 0) is 0 Å². The Kier molecular flexibility index (Phi) is 3.48. The minimum Gasteiger partial charge on any atom is -0.507 e. The van der Waals surface area contributed by atoms with Crippen LogP contribution in [0, 0.1) is 11.2 Å². The smallest absolute Gasteiger partial charge is 0.171 e. The van der Waals surface area contributed by atoms with Gasteiger partial charge in [-0.2, -0.15) is 0 Å². The normalized spacial score (nSPS) is 20.9. The quantitative estimate of drug-likeness (QED) is 0.836. The van der Waals surface area contributed by atoms with E-state index in [4.69, 9.17) is 5.41 Å². The van der Waals surface area contributed by atoms with Gasteiger partial charge in [0.25, 0.3) is 0 Å². The maximum atomic E-state index is 13.2. The summed E-state index contributed by atoms with van der Waals surface area (Å²) in [7, 11) is 0. The van der Waals surface area contributed by atoms with E-state index in [1.165, 1.54) is 30.0 Å². The third kappa shape index (κ3) is 2.56. The van der Waals surface area contributed by atoms with E-state index in [-0.39, 0.29) is 11.6 Å². The fourth-order valence-corrected chi connectivity index (χ4v) is 3.22. The molecule has 0 bridgehead atoms. The van der Waals surface area contributed by atoms with Gasteiger partial charge in [-0.3, -0.25) is 5.41 Å². The van der Waals surface area contributed by atoms with Crippen LogP contribution >= 0.6 is 11.8 Å². The molecule has 1 saturated heterocycles. The molecule has 2 aliphatic rings. The first-order valence-electron chi connectivity index (χ1n) is 6.44. The van der Waals surface area contributed by atoms with Gasteiger partial charge in [-0.25, -0.2) is 9.38 Å². The second kappa shape index (κ2) is 5.28. The number of hydrogen-bond donors (Lipinski definition) is 2. The standard InChI is InChI=1S/C14H14FN3OS/c15-10-3-4-11(19)9(7-10)8-12-13(16)17-14(20-12)18-5-1-2-6-18/h3-4,7-8,16,19H,1-2,5-6H2. The number of nitrogens with zero attached hydrogens (tertiary/aromatic N) is 2. The molecule has 4 nitrogen and oxygen atoms in total. The van der Waals surface area contributed by atoms with Crippen molar-refractivity contribution in [2.75, 3.05) is 13.1 Å². The number of likely N-dealkylation sites (tertiary alicyclic amines) is 1. The molecular weight excluding hydrogens is 277 g/mol. The topological polar surface area (TPSA) is 59.7 Å². The number of halogens is 1. The Morgan fingerprint density at radius 2 is 2.10 bits per heavy atom. The minimum absolute atomic E-state index is 0.00178. The molecule has 0 amide bonds. The van der Waals surface area contributed by atoms with E-state index in [2.05, 4.69) is 9.89 Å². The van der Waals surface area contributed by atoms with Crippen LogP contribution in [0.2, 0.25) is 0 Å². The Morgan fingerprint density at radius 3 is 2.85 bits per heavy atom. The van der Waals surface area contributed by atoms with Gasteiger partial charge in [0.05, 0.1) is 4.91 Å². The highest BCUT2D eigenvalue weighted by Gasteiger charge is 2.25. The third-order valence-electron chi connectivity index (χ3n) is 3.29. The SMILES string of the molecule is N=C1N=C(N2CCCC2)SC1=Cc1cc(F)ccc1O. The summed E-state index contributed by atoms with van der Waals surface area (Å²) < 4.78 is 13.2. The molecule has 104 valence electrons. The van der Waals surface area contributed by atoms with E-state index in [1.807, 2.05) is 0 Å². The van der Waals surface area contributed by atoms with Crippen molar-refractivity contribution in [2.24, 2.45) is 4.99 Å². The first kappa shape index (κ1) is 13.2. The summed E-state index contributed by atoms with van der Waals surface area (Å²) in [6, 6.07) is 3.77. The molecule has 20 heavy (non-hydrogen) atoms. The van der Waals surface area contributed by atoms with Crippen molar-refractivity contribution in [1.29, 1.82) is 5.41 Å². The van der Waals surface area contributed by atoms with Crippen molar-refractivity contribution in [3.8, 4) is 5.75 Å². The van der Waals surface area contributed by atoms with Crippen molar-refractivity contribution < 1.29 is 9.50 Å².